The van der Waals surface area contributed by atoms with Gasteiger partial charge in [-0.25, -0.2) is 4.98 Å². The van der Waals surface area contributed by atoms with Crippen LogP contribution in [0.1, 0.15) is 18.7 Å². The van der Waals surface area contributed by atoms with E-state index in [9.17, 15) is 0 Å². The van der Waals surface area contributed by atoms with E-state index in [4.69, 9.17) is 40.5 Å². The molecule has 1 aromatic heterocycles. The molecule has 3 aromatic rings. The second-order valence-corrected chi connectivity index (χ2v) is 9.33. The Kier molecular flexibility index (Phi) is 5.93. The van der Waals surface area contributed by atoms with Crippen LogP contribution in [0, 0.1) is 0 Å². The Hall–Kier alpha value is -1.92. The minimum absolute atomic E-state index is 0.115. The minimum Gasteiger partial charge on any atom is -0.341 e. The highest BCUT2D eigenvalue weighted by Crippen LogP contribution is 2.37. The van der Waals surface area contributed by atoms with E-state index in [0.29, 0.717) is 11.8 Å². The zero-order chi connectivity index (χ0) is 20.4. The first-order chi connectivity index (χ1) is 13.9. The van der Waals surface area contributed by atoms with Crippen molar-refractivity contribution in [1.82, 2.24) is 15.0 Å². The lowest BCUT2D eigenvalue weighted by Gasteiger charge is -2.30. The van der Waals surface area contributed by atoms with Gasteiger partial charge in [-0.15, -0.1) is 0 Å². The molecule has 0 unspecified atom stereocenters. The first-order valence-electron chi connectivity index (χ1n) is 9.40. The molecule has 1 saturated heterocycles. The number of nitrogens with two attached hydrogens (primary N) is 1. The van der Waals surface area contributed by atoms with Crippen LogP contribution in [0.4, 0.5) is 5.95 Å². The molecule has 0 amide bonds. The SMILES string of the molecule is NC1CCN(c2nc(-c3ccc(-c4ccccc4)cc3)nc(C(Cl)(Cl)Cl)n2)CC1. The maximum absolute atomic E-state index is 6.10. The van der Waals surface area contributed by atoms with Gasteiger partial charge in [0.1, 0.15) is 0 Å². The highest BCUT2D eigenvalue weighted by molar-refractivity contribution is 6.66. The van der Waals surface area contributed by atoms with Gasteiger partial charge >= 0.3 is 0 Å². The molecule has 0 atom stereocenters. The summed E-state index contributed by atoms with van der Waals surface area (Å²) in [5, 5.41) is 0. The number of benzene rings is 2. The van der Waals surface area contributed by atoms with Crippen LogP contribution >= 0.6 is 34.8 Å². The number of hydrogen-bond donors (Lipinski definition) is 1. The fourth-order valence-corrected chi connectivity index (χ4v) is 3.56. The summed E-state index contributed by atoms with van der Waals surface area (Å²) in [5.41, 5.74) is 9.09. The van der Waals surface area contributed by atoms with Gasteiger partial charge < -0.3 is 10.6 Å². The van der Waals surface area contributed by atoms with E-state index in [1.807, 2.05) is 42.5 Å². The molecule has 1 aliphatic rings. The lowest BCUT2D eigenvalue weighted by atomic mass is 10.0. The maximum atomic E-state index is 6.10. The molecule has 0 saturated carbocycles. The van der Waals surface area contributed by atoms with Crippen LogP contribution in [-0.4, -0.2) is 34.1 Å². The summed E-state index contributed by atoms with van der Waals surface area (Å²) in [7, 11) is 0. The average molecular weight is 449 g/mol. The molecule has 29 heavy (non-hydrogen) atoms. The quantitative estimate of drug-likeness (QED) is 0.574. The molecule has 0 bridgehead atoms. The second-order valence-electron chi connectivity index (χ2n) is 7.05. The van der Waals surface area contributed by atoms with Crippen LogP contribution in [-0.2, 0) is 3.79 Å². The summed E-state index contributed by atoms with van der Waals surface area (Å²) in [4.78, 5) is 15.5. The first-order valence-corrected chi connectivity index (χ1v) is 10.5. The predicted octanol–water partition coefficient (Wildman–Crippen LogP) is 4.96. The number of aromatic nitrogens is 3. The number of rotatable bonds is 3. The van der Waals surface area contributed by atoms with Gasteiger partial charge in [-0.2, -0.15) is 9.97 Å². The average Bonchev–Trinajstić information content (AvgIpc) is 2.74. The van der Waals surface area contributed by atoms with Crippen molar-refractivity contribution in [2.24, 2.45) is 5.73 Å². The molecule has 0 radical (unpaired) electrons. The van der Waals surface area contributed by atoms with Crippen LogP contribution in [0.2, 0.25) is 0 Å². The number of halogens is 3. The van der Waals surface area contributed by atoms with Gasteiger partial charge in [0.15, 0.2) is 11.6 Å². The van der Waals surface area contributed by atoms with Crippen molar-refractivity contribution in [3.05, 3.63) is 60.4 Å². The molecular weight excluding hydrogens is 429 g/mol. The van der Waals surface area contributed by atoms with Crippen LogP contribution in [0.25, 0.3) is 22.5 Å². The Morgan fingerprint density at radius 1 is 0.793 bits per heavy atom. The van der Waals surface area contributed by atoms with Crippen LogP contribution < -0.4 is 10.6 Å². The number of piperidine rings is 1. The maximum Gasteiger partial charge on any atom is 0.250 e. The first kappa shape index (κ1) is 20.4. The van der Waals surface area contributed by atoms with Crippen molar-refractivity contribution in [3.8, 4) is 22.5 Å². The van der Waals surface area contributed by atoms with Crippen molar-refractivity contribution in [2.75, 3.05) is 18.0 Å². The fourth-order valence-electron chi connectivity index (χ4n) is 3.30. The lowest BCUT2D eigenvalue weighted by Crippen LogP contribution is -2.40. The van der Waals surface area contributed by atoms with Gasteiger partial charge in [0.05, 0.1) is 0 Å². The molecular formula is C21H20Cl3N5. The molecule has 0 aliphatic carbocycles. The Labute approximate surface area is 184 Å². The topological polar surface area (TPSA) is 67.9 Å². The molecule has 4 rings (SSSR count). The van der Waals surface area contributed by atoms with Gasteiger partial charge in [0.2, 0.25) is 9.74 Å². The summed E-state index contributed by atoms with van der Waals surface area (Å²) in [5.74, 6) is 1.10. The highest BCUT2D eigenvalue weighted by atomic mass is 35.6. The smallest absolute Gasteiger partial charge is 0.250 e. The Morgan fingerprint density at radius 2 is 1.38 bits per heavy atom. The van der Waals surface area contributed by atoms with Crippen LogP contribution in [0.5, 0.6) is 0 Å². The van der Waals surface area contributed by atoms with Crippen LogP contribution in [0.3, 0.4) is 0 Å². The van der Waals surface area contributed by atoms with E-state index in [2.05, 4.69) is 32.0 Å². The monoisotopic (exact) mass is 447 g/mol. The molecule has 0 spiro atoms. The molecule has 8 heteroatoms. The summed E-state index contributed by atoms with van der Waals surface area (Å²) >= 11 is 18.3. The number of hydrogen-bond acceptors (Lipinski definition) is 5. The van der Waals surface area contributed by atoms with E-state index >= 15 is 0 Å². The third-order valence-corrected chi connectivity index (χ3v) is 5.46. The van der Waals surface area contributed by atoms with Gasteiger partial charge in [0, 0.05) is 24.7 Å². The molecule has 1 aliphatic heterocycles. The Morgan fingerprint density at radius 3 is 2.00 bits per heavy atom. The minimum atomic E-state index is -1.73. The normalized spacial score (nSPS) is 15.5. The van der Waals surface area contributed by atoms with Gasteiger partial charge in [-0.05, 0) is 24.0 Å². The van der Waals surface area contributed by atoms with Crippen molar-refractivity contribution in [2.45, 2.75) is 22.7 Å². The third kappa shape index (κ3) is 4.81. The van der Waals surface area contributed by atoms with E-state index in [1.165, 1.54) is 0 Å². The van der Waals surface area contributed by atoms with Crippen molar-refractivity contribution < 1.29 is 0 Å². The number of alkyl halides is 3. The zero-order valence-corrected chi connectivity index (χ0v) is 17.9. The highest BCUT2D eigenvalue weighted by Gasteiger charge is 2.30. The van der Waals surface area contributed by atoms with Crippen LogP contribution in [0.15, 0.2) is 54.6 Å². The van der Waals surface area contributed by atoms with Crippen molar-refractivity contribution in [1.29, 1.82) is 0 Å². The molecule has 5 nitrogen and oxygen atoms in total. The van der Waals surface area contributed by atoms with Crippen molar-refractivity contribution in [3.63, 3.8) is 0 Å². The third-order valence-electron chi connectivity index (χ3n) is 4.95. The molecule has 2 heterocycles. The van der Waals surface area contributed by atoms with E-state index < -0.39 is 3.79 Å². The zero-order valence-electron chi connectivity index (χ0n) is 15.6. The van der Waals surface area contributed by atoms with E-state index in [0.717, 1.165) is 42.6 Å². The van der Waals surface area contributed by atoms with Gasteiger partial charge in [-0.3, -0.25) is 0 Å². The summed E-state index contributed by atoms with van der Waals surface area (Å²) < 4.78 is -1.73. The molecule has 2 N–H and O–H groups in total. The van der Waals surface area contributed by atoms with Crippen molar-refractivity contribution >= 4 is 40.8 Å². The fraction of sp³-hybridized carbons (Fsp3) is 0.286. The summed E-state index contributed by atoms with van der Waals surface area (Å²) in [6, 6.07) is 18.4. The largest absolute Gasteiger partial charge is 0.341 e. The Bertz CT molecular complexity index is 966. The molecule has 150 valence electrons. The number of anilines is 1. The Balaban J connectivity index is 1.70. The van der Waals surface area contributed by atoms with E-state index in [1.54, 1.807) is 0 Å². The predicted molar refractivity (Wildman–Crippen MR) is 119 cm³/mol. The molecule has 1 fully saturated rings. The standard InChI is InChI=1S/C21H20Cl3N5/c22-21(23,24)19-26-18(27-20(28-19)29-12-10-17(25)11-13-29)16-8-6-15(7-9-16)14-4-2-1-3-5-14/h1-9,17H,10-13,25H2. The van der Waals surface area contributed by atoms with Gasteiger partial charge in [0.25, 0.3) is 0 Å². The lowest BCUT2D eigenvalue weighted by molar-refractivity contribution is 0.494. The molecule has 2 aromatic carbocycles. The van der Waals surface area contributed by atoms with E-state index in [-0.39, 0.29) is 11.9 Å². The summed E-state index contributed by atoms with van der Waals surface area (Å²) in [6.45, 7) is 1.52. The second kappa shape index (κ2) is 8.44. The summed E-state index contributed by atoms with van der Waals surface area (Å²) in [6.07, 6.45) is 1.74. The van der Waals surface area contributed by atoms with Gasteiger partial charge in [-0.1, -0.05) is 89.4 Å². The number of nitrogens with zero attached hydrogens (tertiary/aromatic N) is 4.